The summed E-state index contributed by atoms with van der Waals surface area (Å²) in [6, 6.07) is 12.3. The van der Waals surface area contributed by atoms with Crippen molar-refractivity contribution in [1.82, 2.24) is 4.90 Å². The van der Waals surface area contributed by atoms with Crippen molar-refractivity contribution in [2.75, 3.05) is 25.2 Å². The summed E-state index contributed by atoms with van der Waals surface area (Å²) in [5.41, 5.74) is 1.37. The lowest BCUT2D eigenvalue weighted by molar-refractivity contribution is 0.0765. The molecule has 0 bridgehead atoms. The van der Waals surface area contributed by atoms with Gasteiger partial charge in [0.2, 0.25) is 12.6 Å². The summed E-state index contributed by atoms with van der Waals surface area (Å²) in [5, 5.41) is 3.56. The van der Waals surface area contributed by atoms with E-state index in [9.17, 15) is 9.59 Å². The molecule has 1 fully saturated rings. The number of ether oxygens (including phenoxy) is 2. The number of carbonyl (C=O) groups excluding carboxylic acids is 2. The Bertz CT molecular complexity index is 1080. The molecule has 1 saturated heterocycles. The van der Waals surface area contributed by atoms with Crippen molar-refractivity contribution in [3.8, 4) is 11.5 Å². The molecule has 7 nitrogen and oxygen atoms in total. The summed E-state index contributed by atoms with van der Waals surface area (Å²) in [4.78, 5) is 27.6. The van der Waals surface area contributed by atoms with Gasteiger partial charge >= 0.3 is 0 Å². The van der Waals surface area contributed by atoms with Crippen LogP contribution in [0.5, 0.6) is 11.5 Å². The summed E-state index contributed by atoms with van der Waals surface area (Å²) < 4.78 is 16.5. The predicted molar refractivity (Wildman–Crippen MR) is 102 cm³/mol. The fourth-order valence-corrected chi connectivity index (χ4v) is 3.61. The van der Waals surface area contributed by atoms with E-state index >= 15 is 0 Å². The minimum atomic E-state index is -0.347. The van der Waals surface area contributed by atoms with Gasteiger partial charge in [0.1, 0.15) is 11.3 Å². The SMILES string of the molecule is O=C(Nc1c(C(=O)N2CCCC2)oc2ccccc12)c1ccc2c(c1)OCO2. The van der Waals surface area contributed by atoms with Gasteiger partial charge in [-0.25, -0.2) is 0 Å². The minimum absolute atomic E-state index is 0.140. The summed E-state index contributed by atoms with van der Waals surface area (Å²) in [5.74, 6) is 0.750. The summed E-state index contributed by atoms with van der Waals surface area (Å²) >= 11 is 0. The molecule has 3 heterocycles. The number of hydrogen-bond acceptors (Lipinski definition) is 5. The Morgan fingerprint density at radius 1 is 0.964 bits per heavy atom. The molecule has 2 aliphatic heterocycles. The number of rotatable bonds is 3. The molecule has 2 aromatic carbocycles. The number of likely N-dealkylation sites (tertiary alicyclic amines) is 1. The summed E-state index contributed by atoms with van der Waals surface area (Å²) in [6.07, 6.45) is 1.95. The third kappa shape index (κ3) is 2.76. The molecule has 0 aliphatic carbocycles. The molecule has 1 aromatic heterocycles. The second kappa shape index (κ2) is 6.60. The molecule has 7 heteroatoms. The van der Waals surface area contributed by atoms with Gasteiger partial charge in [-0.2, -0.15) is 0 Å². The van der Waals surface area contributed by atoms with Gasteiger partial charge in [-0.05, 0) is 43.2 Å². The monoisotopic (exact) mass is 378 g/mol. The zero-order chi connectivity index (χ0) is 19.1. The van der Waals surface area contributed by atoms with Crippen molar-refractivity contribution >= 4 is 28.5 Å². The highest BCUT2D eigenvalue weighted by atomic mass is 16.7. The largest absolute Gasteiger partial charge is 0.454 e. The van der Waals surface area contributed by atoms with Gasteiger partial charge in [-0.3, -0.25) is 9.59 Å². The second-order valence-electron chi connectivity index (χ2n) is 6.82. The number of hydrogen-bond donors (Lipinski definition) is 1. The van der Waals surface area contributed by atoms with Crippen LogP contribution in [-0.4, -0.2) is 36.6 Å². The van der Waals surface area contributed by atoms with E-state index < -0.39 is 0 Å². The maximum Gasteiger partial charge on any atom is 0.291 e. The van der Waals surface area contributed by atoms with Crippen LogP contribution >= 0.6 is 0 Å². The van der Waals surface area contributed by atoms with Crippen molar-refractivity contribution in [3.63, 3.8) is 0 Å². The Morgan fingerprint density at radius 2 is 1.75 bits per heavy atom. The van der Waals surface area contributed by atoms with E-state index in [0.717, 1.165) is 12.8 Å². The van der Waals surface area contributed by atoms with Gasteiger partial charge in [0.25, 0.3) is 11.8 Å². The highest BCUT2D eigenvalue weighted by molar-refractivity contribution is 6.14. The normalized spacial score (nSPS) is 15.2. The van der Waals surface area contributed by atoms with Crippen LogP contribution in [0.4, 0.5) is 5.69 Å². The highest BCUT2D eigenvalue weighted by Gasteiger charge is 2.28. The van der Waals surface area contributed by atoms with Crippen molar-refractivity contribution in [2.24, 2.45) is 0 Å². The number of nitrogens with zero attached hydrogens (tertiary/aromatic N) is 1. The first-order valence-corrected chi connectivity index (χ1v) is 9.22. The maximum absolute atomic E-state index is 13.0. The van der Waals surface area contributed by atoms with Crippen molar-refractivity contribution < 1.29 is 23.5 Å². The fourth-order valence-electron chi connectivity index (χ4n) is 3.61. The van der Waals surface area contributed by atoms with E-state index in [-0.39, 0.29) is 24.4 Å². The molecule has 3 aromatic rings. The first-order valence-electron chi connectivity index (χ1n) is 9.22. The Balaban J connectivity index is 1.51. The number of benzene rings is 2. The molecule has 1 N–H and O–H groups in total. The number of carbonyl (C=O) groups is 2. The first kappa shape index (κ1) is 16.7. The van der Waals surface area contributed by atoms with Crippen LogP contribution in [0.15, 0.2) is 46.9 Å². The van der Waals surface area contributed by atoms with E-state index in [1.165, 1.54) is 0 Å². The van der Waals surface area contributed by atoms with Gasteiger partial charge < -0.3 is 24.1 Å². The van der Waals surface area contributed by atoms with Crippen LogP contribution in [-0.2, 0) is 0 Å². The molecule has 0 spiro atoms. The lowest BCUT2D eigenvalue weighted by atomic mass is 10.1. The highest BCUT2D eigenvalue weighted by Crippen LogP contribution is 2.35. The predicted octanol–water partition coefficient (Wildman–Crippen LogP) is 3.65. The first-order chi connectivity index (χ1) is 13.7. The molecule has 142 valence electrons. The van der Waals surface area contributed by atoms with Crippen LogP contribution in [0, 0.1) is 0 Å². The van der Waals surface area contributed by atoms with E-state index in [1.54, 1.807) is 29.2 Å². The average Bonchev–Trinajstić information content (AvgIpc) is 3.46. The number of anilines is 1. The quantitative estimate of drug-likeness (QED) is 0.752. The molecule has 0 atom stereocenters. The number of para-hydroxylation sites is 1. The fraction of sp³-hybridized carbons (Fsp3) is 0.238. The molecule has 2 aliphatic rings. The lowest BCUT2D eigenvalue weighted by Gasteiger charge is -2.14. The molecular weight excluding hydrogens is 360 g/mol. The van der Waals surface area contributed by atoms with Crippen LogP contribution in [0.1, 0.15) is 33.8 Å². The molecular formula is C21H18N2O5. The lowest BCUT2D eigenvalue weighted by Crippen LogP contribution is -2.28. The topological polar surface area (TPSA) is 81.0 Å². The van der Waals surface area contributed by atoms with Crippen LogP contribution in [0.25, 0.3) is 11.0 Å². The summed E-state index contributed by atoms with van der Waals surface area (Å²) in [7, 11) is 0. The van der Waals surface area contributed by atoms with Crippen LogP contribution < -0.4 is 14.8 Å². The second-order valence-corrected chi connectivity index (χ2v) is 6.82. The van der Waals surface area contributed by atoms with Crippen LogP contribution in [0.2, 0.25) is 0 Å². The Kier molecular flexibility index (Phi) is 3.93. The van der Waals surface area contributed by atoms with Crippen LogP contribution in [0.3, 0.4) is 0 Å². The smallest absolute Gasteiger partial charge is 0.291 e. The minimum Gasteiger partial charge on any atom is -0.454 e. The Labute approximate surface area is 160 Å². The molecule has 2 amide bonds. The molecule has 0 saturated carbocycles. The van der Waals surface area contributed by atoms with Gasteiger partial charge in [0.15, 0.2) is 11.5 Å². The Hall–Kier alpha value is -3.48. The van der Waals surface area contributed by atoms with Crippen molar-refractivity contribution in [3.05, 3.63) is 53.8 Å². The standard InChI is InChI=1S/C21H18N2O5/c24-20(13-7-8-16-17(11-13)27-12-26-16)22-18-14-5-1-2-6-15(14)28-19(18)21(25)23-9-3-4-10-23/h1-2,5-8,11H,3-4,9-10,12H2,(H,22,24). The maximum atomic E-state index is 13.0. The number of amides is 2. The molecule has 5 rings (SSSR count). The molecule has 0 radical (unpaired) electrons. The number of fused-ring (bicyclic) bond motifs is 2. The number of furan rings is 1. The average molecular weight is 378 g/mol. The van der Waals surface area contributed by atoms with Gasteiger partial charge in [-0.1, -0.05) is 12.1 Å². The third-order valence-corrected chi connectivity index (χ3v) is 5.06. The van der Waals surface area contributed by atoms with Crippen molar-refractivity contribution in [1.29, 1.82) is 0 Å². The third-order valence-electron chi connectivity index (χ3n) is 5.06. The van der Waals surface area contributed by atoms with E-state index in [2.05, 4.69) is 5.32 Å². The van der Waals surface area contributed by atoms with E-state index in [4.69, 9.17) is 13.9 Å². The van der Waals surface area contributed by atoms with Gasteiger partial charge in [0, 0.05) is 24.0 Å². The number of nitrogens with one attached hydrogen (secondary N) is 1. The Morgan fingerprint density at radius 3 is 2.61 bits per heavy atom. The zero-order valence-electron chi connectivity index (χ0n) is 15.1. The van der Waals surface area contributed by atoms with Gasteiger partial charge in [-0.15, -0.1) is 0 Å². The van der Waals surface area contributed by atoms with Gasteiger partial charge in [0.05, 0.1) is 0 Å². The zero-order valence-corrected chi connectivity index (χ0v) is 15.1. The molecule has 0 unspecified atom stereocenters. The van der Waals surface area contributed by atoms with Crippen molar-refractivity contribution in [2.45, 2.75) is 12.8 Å². The summed E-state index contributed by atoms with van der Waals surface area (Å²) in [6.45, 7) is 1.54. The van der Waals surface area contributed by atoms with E-state index in [0.29, 0.717) is 46.8 Å². The van der Waals surface area contributed by atoms with E-state index in [1.807, 2.05) is 18.2 Å². The molecule has 28 heavy (non-hydrogen) atoms.